The van der Waals surface area contributed by atoms with Gasteiger partial charge in [-0.25, -0.2) is 8.42 Å². The maximum absolute atomic E-state index is 12.6. The Hall–Kier alpha value is -1.98. The van der Waals surface area contributed by atoms with E-state index in [0.29, 0.717) is 32.2 Å². The molecule has 1 aliphatic heterocycles. The van der Waals surface area contributed by atoms with Gasteiger partial charge in [0, 0.05) is 31.9 Å². The first-order chi connectivity index (χ1) is 11.1. The van der Waals surface area contributed by atoms with Crippen molar-refractivity contribution in [3.8, 4) is 6.07 Å². The number of ether oxygens (including phenoxy) is 1. The van der Waals surface area contributed by atoms with Crippen LogP contribution >= 0.6 is 0 Å². The summed E-state index contributed by atoms with van der Waals surface area (Å²) in [6.07, 6.45) is 4.86. The molecule has 1 aliphatic rings. The molecule has 2 rings (SSSR count). The highest BCUT2D eigenvalue weighted by Gasteiger charge is 2.34. The Labute approximate surface area is 135 Å². The highest BCUT2D eigenvalue weighted by molar-refractivity contribution is 7.89. The van der Waals surface area contributed by atoms with E-state index in [1.54, 1.807) is 6.07 Å². The first kappa shape index (κ1) is 17.4. The summed E-state index contributed by atoms with van der Waals surface area (Å²) < 4.78 is 31.5. The summed E-state index contributed by atoms with van der Waals surface area (Å²) in [6.45, 7) is 0.696. The van der Waals surface area contributed by atoms with Crippen molar-refractivity contribution in [3.63, 3.8) is 0 Å². The third kappa shape index (κ3) is 4.50. The number of rotatable bonds is 6. The van der Waals surface area contributed by atoms with Gasteiger partial charge in [-0.05, 0) is 31.4 Å². The average Bonchev–Trinajstić information content (AvgIpc) is 2.59. The van der Waals surface area contributed by atoms with Gasteiger partial charge >= 0.3 is 5.97 Å². The Morgan fingerprint density at radius 3 is 3.04 bits per heavy atom. The molecule has 1 atom stereocenters. The zero-order chi connectivity index (χ0) is 16.7. The smallest absolute Gasteiger partial charge is 0.310 e. The highest BCUT2D eigenvalue weighted by Crippen LogP contribution is 2.24. The molecule has 1 saturated heterocycles. The predicted molar refractivity (Wildman–Crippen MR) is 81.5 cm³/mol. The molecule has 0 spiro atoms. The quantitative estimate of drug-likeness (QED) is 0.573. The first-order valence-electron chi connectivity index (χ1n) is 7.49. The molecular formula is C15H19N3O4S. The molecule has 0 bridgehead atoms. The van der Waals surface area contributed by atoms with Crippen molar-refractivity contribution < 1.29 is 17.9 Å². The number of hydrogen-bond donors (Lipinski definition) is 0. The molecule has 0 unspecified atom stereocenters. The SMILES string of the molecule is N#CCCCOC(=O)[C@@H]1CCCN(S(=O)(=O)c2cccnc2)C1. The van der Waals surface area contributed by atoms with Crippen LogP contribution in [-0.4, -0.2) is 43.4 Å². The zero-order valence-electron chi connectivity index (χ0n) is 12.7. The fourth-order valence-corrected chi connectivity index (χ4v) is 3.93. The molecule has 0 aliphatic carbocycles. The van der Waals surface area contributed by atoms with Gasteiger partial charge in [0.1, 0.15) is 4.90 Å². The zero-order valence-corrected chi connectivity index (χ0v) is 13.5. The van der Waals surface area contributed by atoms with Crippen molar-refractivity contribution in [1.82, 2.24) is 9.29 Å². The minimum atomic E-state index is -3.64. The number of hydrogen-bond acceptors (Lipinski definition) is 6. The number of esters is 1. The van der Waals surface area contributed by atoms with Gasteiger partial charge in [-0.2, -0.15) is 9.57 Å². The van der Waals surface area contributed by atoms with Crippen molar-refractivity contribution >= 4 is 16.0 Å². The standard InChI is InChI=1S/C15H19N3O4S/c16-7-1-2-10-22-15(19)13-5-4-9-18(12-13)23(20,21)14-6-3-8-17-11-14/h3,6,8,11,13H,1-2,4-5,9-10,12H2/t13-/m1/s1. The van der Waals surface area contributed by atoms with Crippen LogP contribution in [0.2, 0.25) is 0 Å². The fourth-order valence-electron chi connectivity index (χ4n) is 2.44. The number of piperidine rings is 1. The maximum atomic E-state index is 12.6. The van der Waals surface area contributed by atoms with Gasteiger partial charge < -0.3 is 4.74 Å². The number of pyridine rings is 1. The summed E-state index contributed by atoms with van der Waals surface area (Å²) in [6, 6.07) is 5.04. The van der Waals surface area contributed by atoms with Crippen LogP contribution in [-0.2, 0) is 19.6 Å². The molecule has 2 heterocycles. The number of sulfonamides is 1. The van der Waals surface area contributed by atoms with Crippen LogP contribution < -0.4 is 0 Å². The van der Waals surface area contributed by atoms with Gasteiger partial charge in [-0.3, -0.25) is 9.78 Å². The lowest BCUT2D eigenvalue weighted by Gasteiger charge is -2.30. The predicted octanol–water partition coefficient (Wildman–Crippen LogP) is 1.33. The van der Waals surface area contributed by atoms with Crippen LogP contribution in [0.1, 0.15) is 25.7 Å². The van der Waals surface area contributed by atoms with Gasteiger partial charge in [0.05, 0.1) is 18.6 Å². The summed E-state index contributed by atoms with van der Waals surface area (Å²) in [4.78, 5) is 16.0. The van der Waals surface area contributed by atoms with Gasteiger partial charge in [-0.1, -0.05) is 0 Å². The highest BCUT2D eigenvalue weighted by atomic mass is 32.2. The fraction of sp³-hybridized carbons (Fsp3) is 0.533. The Morgan fingerprint density at radius 2 is 2.35 bits per heavy atom. The van der Waals surface area contributed by atoms with E-state index in [1.807, 2.05) is 6.07 Å². The third-order valence-electron chi connectivity index (χ3n) is 3.67. The molecule has 0 radical (unpaired) electrons. The average molecular weight is 337 g/mol. The van der Waals surface area contributed by atoms with E-state index in [2.05, 4.69) is 4.98 Å². The molecule has 0 aromatic carbocycles. The van der Waals surface area contributed by atoms with Gasteiger partial charge in [0.2, 0.25) is 10.0 Å². The summed E-state index contributed by atoms with van der Waals surface area (Å²) in [5, 5.41) is 8.44. The van der Waals surface area contributed by atoms with Crippen LogP contribution in [0, 0.1) is 17.2 Å². The van der Waals surface area contributed by atoms with E-state index in [-0.39, 0.29) is 18.0 Å². The summed E-state index contributed by atoms with van der Waals surface area (Å²) >= 11 is 0. The maximum Gasteiger partial charge on any atom is 0.310 e. The normalized spacial score (nSPS) is 19.0. The topological polar surface area (TPSA) is 100 Å². The van der Waals surface area contributed by atoms with Crippen molar-refractivity contribution in [2.24, 2.45) is 5.92 Å². The van der Waals surface area contributed by atoms with Crippen LogP contribution in [0.25, 0.3) is 0 Å². The Kier molecular flexibility index (Phi) is 6.07. The number of nitriles is 1. The van der Waals surface area contributed by atoms with E-state index in [4.69, 9.17) is 10.00 Å². The molecule has 1 aromatic rings. The minimum Gasteiger partial charge on any atom is -0.465 e. The number of nitrogens with zero attached hydrogens (tertiary/aromatic N) is 3. The lowest BCUT2D eigenvalue weighted by molar-refractivity contribution is -0.149. The Balaban J connectivity index is 1.98. The molecule has 1 aromatic heterocycles. The first-order valence-corrected chi connectivity index (χ1v) is 8.93. The van der Waals surface area contributed by atoms with Crippen LogP contribution in [0.3, 0.4) is 0 Å². The summed E-state index contributed by atoms with van der Waals surface area (Å²) in [7, 11) is -3.64. The van der Waals surface area contributed by atoms with E-state index >= 15 is 0 Å². The molecule has 23 heavy (non-hydrogen) atoms. The van der Waals surface area contributed by atoms with E-state index in [1.165, 1.54) is 22.8 Å². The monoisotopic (exact) mass is 337 g/mol. The molecular weight excluding hydrogens is 318 g/mol. The molecule has 7 nitrogen and oxygen atoms in total. The second-order valence-corrected chi connectivity index (χ2v) is 7.26. The number of carbonyl (C=O) groups is 1. The van der Waals surface area contributed by atoms with Gasteiger partial charge in [-0.15, -0.1) is 0 Å². The van der Waals surface area contributed by atoms with Crippen molar-refractivity contribution in [2.45, 2.75) is 30.6 Å². The molecule has 0 saturated carbocycles. The summed E-state index contributed by atoms with van der Waals surface area (Å²) in [5.41, 5.74) is 0. The van der Waals surface area contributed by atoms with Gasteiger partial charge in [0.25, 0.3) is 0 Å². The lowest BCUT2D eigenvalue weighted by atomic mass is 10.00. The summed E-state index contributed by atoms with van der Waals surface area (Å²) in [5.74, 6) is -0.855. The van der Waals surface area contributed by atoms with Crippen molar-refractivity contribution in [1.29, 1.82) is 5.26 Å². The lowest BCUT2D eigenvalue weighted by Crippen LogP contribution is -2.42. The molecule has 0 amide bonds. The molecule has 1 fully saturated rings. The van der Waals surface area contributed by atoms with E-state index < -0.39 is 21.9 Å². The van der Waals surface area contributed by atoms with Crippen LogP contribution in [0.4, 0.5) is 0 Å². The largest absolute Gasteiger partial charge is 0.465 e. The molecule has 124 valence electrons. The van der Waals surface area contributed by atoms with E-state index in [9.17, 15) is 13.2 Å². The number of unbranched alkanes of at least 4 members (excludes halogenated alkanes) is 1. The van der Waals surface area contributed by atoms with E-state index in [0.717, 1.165) is 0 Å². The molecule has 8 heteroatoms. The van der Waals surface area contributed by atoms with Crippen molar-refractivity contribution in [3.05, 3.63) is 24.5 Å². The molecule has 0 N–H and O–H groups in total. The number of aromatic nitrogens is 1. The Bertz CT molecular complexity index is 670. The van der Waals surface area contributed by atoms with Crippen LogP contribution in [0.5, 0.6) is 0 Å². The third-order valence-corrected chi connectivity index (χ3v) is 5.52. The number of carbonyl (C=O) groups excluding carboxylic acids is 1. The second kappa shape index (κ2) is 8.04. The van der Waals surface area contributed by atoms with Crippen LogP contribution in [0.15, 0.2) is 29.4 Å². The Morgan fingerprint density at radius 1 is 1.52 bits per heavy atom. The minimum absolute atomic E-state index is 0.119. The van der Waals surface area contributed by atoms with Crippen molar-refractivity contribution in [2.75, 3.05) is 19.7 Å². The van der Waals surface area contributed by atoms with Gasteiger partial charge in [0.15, 0.2) is 0 Å². The second-order valence-electron chi connectivity index (χ2n) is 5.32.